The summed E-state index contributed by atoms with van der Waals surface area (Å²) in [5.74, 6) is -0.606. The molecule has 21 heavy (non-hydrogen) atoms. The highest BCUT2D eigenvalue weighted by molar-refractivity contribution is 5.94. The maximum Gasteiger partial charge on any atom is 0.346 e. The highest BCUT2D eigenvalue weighted by atomic mass is 16.5. The third kappa shape index (κ3) is 3.57. The lowest BCUT2D eigenvalue weighted by molar-refractivity contribution is 0.00504. The fourth-order valence-electron chi connectivity index (χ4n) is 2.01. The summed E-state index contributed by atoms with van der Waals surface area (Å²) in [5.41, 5.74) is -0.628. The van der Waals surface area contributed by atoms with Crippen LogP contribution >= 0.6 is 0 Å². The van der Waals surface area contributed by atoms with Gasteiger partial charge in [0.25, 0.3) is 0 Å². The summed E-state index contributed by atoms with van der Waals surface area (Å²) in [4.78, 5) is 28.9. The van der Waals surface area contributed by atoms with Crippen LogP contribution in [0, 0.1) is 0 Å². The molecule has 0 bridgehead atoms. The Bertz CT molecular complexity index is 560. The zero-order valence-corrected chi connectivity index (χ0v) is 11.4. The second-order valence-corrected chi connectivity index (χ2v) is 4.51. The molecule has 1 aromatic rings. The van der Waals surface area contributed by atoms with E-state index in [2.05, 4.69) is 15.3 Å². The Balaban J connectivity index is 2.20. The van der Waals surface area contributed by atoms with Crippen LogP contribution in [0.25, 0.3) is 0 Å². The van der Waals surface area contributed by atoms with Gasteiger partial charge in [-0.05, 0) is 6.92 Å². The Kier molecular flexibility index (Phi) is 4.89. The van der Waals surface area contributed by atoms with Crippen molar-refractivity contribution in [1.29, 1.82) is 0 Å². The number of anilines is 1. The number of carbonyl (C=O) groups excluding carboxylic acids is 1. The first-order chi connectivity index (χ1) is 10.0. The van der Waals surface area contributed by atoms with Crippen molar-refractivity contribution in [3.63, 3.8) is 0 Å². The molecule has 0 aromatic carbocycles. The van der Waals surface area contributed by atoms with Crippen molar-refractivity contribution < 1.29 is 24.5 Å². The molecule has 0 radical (unpaired) electrons. The molecular weight excluding hydrogens is 282 g/mol. The van der Waals surface area contributed by atoms with E-state index in [9.17, 15) is 14.7 Å². The number of H-pyrrole nitrogens is 1. The van der Waals surface area contributed by atoms with Crippen LogP contribution in [0.15, 0.2) is 11.0 Å². The quantitative estimate of drug-likeness (QED) is 0.500. The summed E-state index contributed by atoms with van der Waals surface area (Å²) in [6.45, 7) is 1.60. The molecule has 116 valence electrons. The molecule has 0 saturated carbocycles. The van der Waals surface area contributed by atoms with Gasteiger partial charge in [-0.3, -0.25) is 4.98 Å². The van der Waals surface area contributed by atoms with Crippen molar-refractivity contribution in [2.45, 2.75) is 31.8 Å². The van der Waals surface area contributed by atoms with Crippen LogP contribution < -0.4 is 11.0 Å². The van der Waals surface area contributed by atoms with E-state index in [1.54, 1.807) is 6.92 Å². The molecule has 9 heteroatoms. The standard InChI is InChI=1S/C12H17N3O6/c1-2-20-11(18)7-4-13-12(19)15-9(7)14-10-8(17)3-6(5-16)21-10/h4,6,8,10,16-17H,2-3,5H2,1H3,(H2,13,14,15,19)/t6-,8+,10+/m0/s1. The number of aliphatic hydroxyl groups excluding tert-OH is 2. The van der Waals surface area contributed by atoms with Crippen LogP contribution in [-0.4, -0.2) is 57.8 Å². The predicted octanol–water partition coefficient (Wildman–Crippen LogP) is -1.17. The van der Waals surface area contributed by atoms with Gasteiger partial charge < -0.3 is 25.0 Å². The molecule has 1 aliphatic rings. The van der Waals surface area contributed by atoms with E-state index in [1.807, 2.05) is 0 Å². The fraction of sp³-hybridized carbons (Fsp3) is 0.583. The normalized spacial score (nSPS) is 24.8. The van der Waals surface area contributed by atoms with Crippen molar-refractivity contribution in [2.75, 3.05) is 18.5 Å². The molecule has 0 unspecified atom stereocenters. The number of hydrogen-bond acceptors (Lipinski definition) is 8. The summed E-state index contributed by atoms with van der Waals surface area (Å²) in [7, 11) is 0. The fourth-order valence-corrected chi connectivity index (χ4v) is 2.01. The summed E-state index contributed by atoms with van der Waals surface area (Å²) in [5, 5.41) is 21.6. The lowest BCUT2D eigenvalue weighted by atomic mass is 10.2. The number of esters is 1. The summed E-state index contributed by atoms with van der Waals surface area (Å²) in [6, 6.07) is 0. The summed E-state index contributed by atoms with van der Waals surface area (Å²) >= 11 is 0. The molecule has 1 saturated heterocycles. The Morgan fingerprint density at radius 1 is 1.67 bits per heavy atom. The zero-order chi connectivity index (χ0) is 15.4. The van der Waals surface area contributed by atoms with Gasteiger partial charge in [0.15, 0.2) is 6.23 Å². The van der Waals surface area contributed by atoms with Gasteiger partial charge in [0.2, 0.25) is 0 Å². The summed E-state index contributed by atoms with van der Waals surface area (Å²) < 4.78 is 10.2. The number of nitrogens with zero attached hydrogens (tertiary/aromatic N) is 1. The van der Waals surface area contributed by atoms with Crippen molar-refractivity contribution in [2.24, 2.45) is 0 Å². The van der Waals surface area contributed by atoms with E-state index in [-0.39, 0.29) is 31.0 Å². The minimum absolute atomic E-state index is 0.0275. The van der Waals surface area contributed by atoms with E-state index >= 15 is 0 Å². The van der Waals surface area contributed by atoms with Crippen molar-refractivity contribution in [1.82, 2.24) is 9.97 Å². The van der Waals surface area contributed by atoms with Crippen molar-refractivity contribution >= 4 is 11.8 Å². The molecule has 1 aromatic heterocycles. The molecule has 4 N–H and O–H groups in total. The van der Waals surface area contributed by atoms with Gasteiger partial charge in [0.1, 0.15) is 17.5 Å². The second-order valence-electron chi connectivity index (χ2n) is 4.51. The molecule has 1 fully saturated rings. The van der Waals surface area contributed by atoms with Gasteiger partial charge in [0, 0.05) is 6.42 Å². The van der Waals surface area contributed by atoms with E-state index in [0.29, 0.717) is 0 Å². The first-order valence-electron chi connectivity index (χ1n) is 6.52. The first kappa shape index (κ1) is 15.4. The third-order valence-electron chi connectivity index (χ3n) is 2.99. The molecule has 2 heterocycles. The molecule has 0 amide bonds. The summed E-state index contributed by atoms with van der Waals surface area (Å²) in [6.07, 6.45) is -0.901. The number of hydrogen-bond donors (Lipinski definition) is 4. The highest BCUT2D eigenvalue weighted by Gasteiger charge is 2.34. The molecular formula is C12H17N3O6. The SMILES string of the molecule is CCOC(=O)c1cnc(=O)[nH]c1N[C@@H]1O[C@H](CO)C[C@H]1O. The van der Waals surface area contributed by atoms with Crippen LogP contribution in [0.4, 0.5) is 5.82 Å². The van der Waals surface area contributed by atoms with Gasteiger partial charge in [-0.15, -0.1) is 0 Å². The number of carbonyl (C=O) groups is 1. The van der Waals surface area contributed by atoms with E-state index < -0.39 is 30.1 Å². The average Bonchev–Trinajstić information content (AvgIpc) is 2.80. The monoisotopic (exact) mass is 299 g/mol. The molecule has 0 aliphatic carbocycles. The maximum absolute atomic E-state index is 11.8. The van der Waals surface area contributed by atoms with Gasteiger partial charge in [-0.2, -0.15) is 0 Å². The largest absolute Gasteiger partial charge is 0.462 e. The van der Waals surface area contributed by atoms with E-state index in [1.165, 1.54) is 0 Å². The number of ether oxygens (including phenoxy) is 2. The van der Waals surface area contributed by atoms with Crippen LogP contribution in [-0.2, 0) is 9.47 Å². The average molecular weight is 299 g/mol. The van der Waals surface area contributed by atoms with Gasteiger partial charge in [-0.25, -0.2) is 14.6 Å². The van der Waals surface area contributed by atoms with Crippen LogP contribution in [0.3, 0.4) is 0 Å². The minimum atomic E-state index is -0.881. The topological polar surface area (TPSA) is 134 Å². The number of aromatic amines is 1. The van der Waals surface area contributed by atoms with E-state index in [4.69, 9.17) is 14.6 Å². The molecule has 2 rings (SSSR count). The predicted molar refractivity (Wildman–Crippen MR) is 70.8 cm³/mol. The molecule has 1 aliphatic heterocycles. The number of aromatic nitrogens is 2. The van der Waals surface area contributed by atoms with E-state index in [0.717, 1.165) is 6.20 Å². The third-order valence-corrected chi connectivity index (χ3v) is 2.99. The Hall–Kier alpha value is -1.97. The van der Waals surface area contributed by atoms with Crippen LogP contribution in [0.5, 0.6) is 0 Å². The van der Waals surface area contributed by atoms with Gasteiger partial charge >= 0.3 is 11.7 Å². The molecule has 9 nitrogen and oxygen atoms in total. The van der Waals surface area contributed by atoms with Crippen molar-refractivity contribution in [3.05, 3.63) is 22.2 Å². The lowest BCUT2D eigenvalue weighted by Crippen LogP contribution is -2.32. The lowest BCUT2D eigenvalue weighted by Gasteiger charge is -2.18. The second kappa shape index (κ2) is 6.66. The maximum atomic E-state index is 11.8. The first-order valence-corrected chi connectivity index (χ1v) is 6.52. The van der Waals surface area contributed by atoms with Crippen LogP contribution in [0.2, 0.25) is 0 Å². The number of rotatable bonds is 5. The van der Waals surface area contributed by atoms with Gasteiger partial charge in [-0.1, -0.05) is 0 Å². The van der Waals surface area contributed by atoms with Crippen LogP contribution in [0.1, 0.15) is 23.7 Å². The Labute approximate surface area is 119 Å². The molecule has 3 atom stereocenters. The minimum Gasteiger partial charge on any atom is -0.462 e. The number of aliphatic hydroxyl groups is 2. The Morgan fingerprint density at radius 2 is 2.43 bits per heavy atom. The van der Waals surface area contributed by atoms with Gasteiger partial charge in [0.05, 0.1) is 25.5 Å². The molecule has 0 spiro atoms. The Morgan fingerprint density at radius 3 is 3.05 bits per heavy atom. The highest BCUT2D eigenvalue weighted by Crippen LogP contribution is 2.22. The number of nitrogens with one attached hydrogen (secondary N) is 2. The zero-order valence-electron chi connectivity index (χ0n) is 11.4. The smallest absolute Gasteiger partial charge is 0.346 e. The van der Waals surface area contributed by atoms with Crippen molar-refractivity contribution in [3.8, 4) is 0 Å².